The molecule has 0 aliphatic rings. The van der Waals surface area contributed by atoms with Crippen molar-refractivity contribution >= 4 is 0 Å². The normalized spacial score (nSPS) is 14.3. The molecule has 0 aromatic carbocycles. The second-order valence-electron chi connectivity index (χ2n) is 1.58. The molecule has 0 nitrogen and oxygen atoms in total. The molecule has 0 radical (unpaired) electrons. The van der Waals surface area contributed by atoms with E-state index < -0.39 is 12.0 Å². The number of hydrogen-bond donors (Lipinski definition) is 0. The Balaban J connectivity index is 3.99. The average molecular weight is 130 g/mol. The second-order valence-corrected chi connectivity index (χ2v) is 1.58. The Kier molecular flexibility index (Phi) is 3.65. The van der Waals surface area contributed by atoms with Crippen molar-refractivity contribution in [2.24, 2.45) is 0 Å². The summed E-state index contributed by atoms with van der Waals surface area (Å²) in [7, 11) is 0. The zero-order valence-corrected chi connectivity index (χ0v) is 5.20. The summed E-state index contributed by atoms with van der Waals surface area (Å²) in [4.78, 5) is 0. The van der Waals surface area contributed by atoms with Gasteiger partial charge in [0, 0.05) is 6.08 Å². The fraction of sp³-hybridized carbons (Fsp3) is 0.286. The van der Waals surface area contributed by atoms with Crippen molar-refractivity contribution in [1.82, 2.24) is 0 Å². The fourth-order valence-electron chi connectivity index (χ4n) is 0.365. The maximum Gasteiger partial charge on any atom is 0.129 e. The van der Waals surface area contributed by atoms with Crippen LogP contribution in [-0.4, -0.2) is 6.17 Å². The van der Waals surface area contributed by atoms with Gasteiger partial charge in [-0.1, -0.05) is 6.58 Å². The number of hydrogen-bond acceptors (Lipinski definition) is 0. The number of allylic oxidation sites excluding steroid dienone is 3. The van der Waals surface area contributed by atoms with Crippen LogP contribution in [0.3, 0.4) is 0 Å². The zero-order valence-electron chi connectivity index (χ0n) is 5.20. The Morgan fingerprint density at radius 3 is 2.67 bits per heavy atom. The van der Waals surface area contributed by atoms with Crippen LogP contribution in [0, 0.1) is 0 Å². The van der Waals surface area contributed by atoms with E-state index in [1.54, 1.807) is 0 Å². The van der Waals surface area contributed by atoms with Gasteiger partial charge in [-0.25, -0.2) is 8.78 Å². The van der Waals surface area contributed by atoms with Crippen molar-refractivity contribution in [3.63, 3.8) is 0 Å². The smallest absolute Gasteiger partial charge is 0.129 e. The molecule has 0 spiro atoms. The summed E-state index contributed by atoms with van der Waals surface area (Å²) < 4.78 is 24.0. The van der Waals surface area contributed by atoms with Gasteiger partial charge in [-0.15, -0.1) is 5.73 Å². The maximum atomic E-state index is 12.1. The largest absolute Gasteiger partial charge is 0.243 e. The summed E-state index contributed by atoms with van der Waals surface area (Å²) in [6.45, 7) is 4.37. The van der Waals surface area contributed by atoms with Gasteiger partial charge in [-0.05, 0) is 13.0 Å². The first kappa shape index (κ1) is 8.12. The van der Waals surface area contributed by atoms with Crippen molar-refractivity contribution in [2.45, 2.75) is 13.1 Å². The molecule has 0 aliphatic carbocycles. The molecule has 2 heteroatoms. The van der Waals surface area contributed by atoms with Crippen molar-refractivity contribution in [2.75, 3.05) is 0 Å². The summed E-state index contributed by atoms with van der Waals surface area (Å²) in [6.07, 6.45) is 0.573. The highest BCUT2D eigenvalue weighted by Gasteiger charge is 1.92. The third-order valence-corrected chi connectivity index (χ3v) is 0.629. The third-order valence-electron chi connectivity index (χ3n) is 0.629. The number of rotatable bonds is 2. The van der Waals surface area contributed by atoms with Crippen LogP contribution in [0.4, 0.5) is 8.78 Å². The van der Waals surface area contributed by atoms with E-state index >= 15 is 0 Å². The van der Waals surface area contributed by atoms with Gasteiger partial charge in [-0.2, -0.15) is 0 Å². The minimum Gasteiger partial charge on any atom is -0.243 e. The maximum absolute atomic E-state index is 12.1. The molecule has 1 atom stereocenters. The molecular weight excluding hydrogens is 122 g/mol. The Morgan fingerprint density at radius 2 is 2.33 bits per heavy atom. The third kappa shape index (κ3) is 4.98. The Morgan fingerprint density at radius 1 is 1.78 bits per heavy atom. The van der Waals surface area contributed by atoms with E-state index in [0.29, 0.717) is 0 Å². The summed E-state index contributed by atoms with van der Waals surface area (Å²) in [6, 6.07) is 0. The molecule has 0 fully saturated rings. The molecule has 0 aromatic rings. The van der Waals surface area contributed by atoms with Gasteiger partial charge in [0.1, 0.15) is 12.0 Å². The van der Waals surface area contributed by atoms with E-state index in [1.165, 1.54) is 6.92 Å². The lowest BCUT2D eigenvalue weighted by atomic mass is 10.3. The summed E-state index contributed by atoms with van der Waals surface area (Å²) >= 11 is 0. The summed E-state index contributed by atoms with van der Waals surface area (Å²) in [5.74, 6) is -0.639. The zero-order chi connectivity index (χ0) is 7.28. The monoisotopic (exact) mass is 130 g/mol. The molecule has 0 bridgehead atoms. The Bertz CT molecular complexity index is 150. The van der Waals surface area contributed by atoms with Gasteiger partial charge >= 0.3 is 0 Å². The molecule has 1 unspecified atom stereocenters. The quantitative estimate of drug-likeness (QED) is 0.398. The highest BCUT2D eigenvalue weighted by atomic mass is 19.1. The predicted octanol–water partition coefficient (Wildman–Crippen LogP) is 2.54. The van der Waals surface area contributed by atoms with Crippen LogP contribution in [0.2, 0.25) is 0 Å². The van der Waals surface area contributed by atoms with E-state index in [4.69, 9.17) is 0 Å². The lowest BCUT2D eigenvalue weighted by molar-refractivity contribution is 0.423. The first-order valence-electron chi connectivity index (χ1n) is 2.54. The van der Waals surface area contributed by atoms with E-state index in [9.17, 15) is 8.78 Å². The van der Waals surface area contributed by atoms with Crippen molar-refractivity contribution in [3.8, 4) is 0 Å². The molecule has 0 amide bonds. The van der Waals surface area contributed by atoms with Gasteiger partial charge in [-0.3, -0.25) is 0 Å². The number of alkyl halides is 1. The van der Waals surface area contributed by atoms with E-state index in [-0.39, 0.29) is 0 Å². The van der Waals surface area contributed by atoms with E-state index in [1.807, 2.05) is 0 Å². The van der Waals surface area contributed by atoms with E-state index in [2.05, 4.69) is 12.3 Å². The van der Waals surface area contributed by atoms with Crippen LogP contribution in [0.15, 0.2) is 30.3 Å². The van der Waals surface area contributed by atoms with Crippen molar-refractivity contribution in [1.29, 1.82) is 0 Å². The molecule has 0 rings (SSSR count). The van der Waals surface area contributed by atoms with E-state index in [0.717, 1.165) is 12.2 Å². The summed E-state index contributed by atoms with van der Waals surface area (Å²) in [5, 5.41) is 0. The second kappa shape index (κ2) is 4.04. The van der Waals surface area contributed by atoms with Crippen LogP contribution in [-0.2, 0) is 0 Å². The molecule has 0 aromatic heterocycles. The minimum absolute atomic E-state index is 0.639. The number of halogens is 2. The molecule has 50 valence electrons. The van der Waals surface area contributed by atoms with Gasteiger partial charge in [0.2, 0.25) is 0 Å². The molecule has 0 saturated carbocycles. The van der Waals surface area contributed by atoms with Crippen LogP contribution in [0.5, 0.6) is 0 Å². The van der Waals surface area contributed by atoms with Gasteiger partial charge < -0.3 is 0 Å². The molecule has 0 N–H and O–H groups in total. The molecule has 0 saturated heterocycles. The first-order chi connectivity index (χ1) is 4.16. The summed E-state index contributed by atoms with van der Waals surface area (Å²) in [5.41, 5.74) is 2.19. The molecule has 9 heavy (non-hydrogen) atoms. The van der Waals surface area contributed by atoms with Crippen molar-refractivity contribution in [3.05, 3.63) is 30.3 Å². The highest BCUT2D eigenvalue weighted by Crippen LogP contribution is 2.01. The fourth-order valence-corrected chi connectivity index (χ4v) is 0.365. The molecular formula is C7H8F2. The molecule has 0 heterocycles. The Hall–Kier alpha value is -0.880. The topological polar surface area (TPSA) is 0 Å². The lowest BCUT2D eigenvalue weighted by Gasteiger charge is -1.87. The van der Waals surface area contributed by atoms with Gasteiger partial charge in [0.05, 0.1) is 0 Å². The standard InChI is InChI=1S/C7H8F2/c1-3-4-7(9)5-6(2)8/h4-6H,1H2,2H3. The minimum atomic E-state index is -1.26. The molecule has 0 aliphatic heterocycles. The van der Waals surface area contributed by atoms with Crippen molar-refractivity contribution < 1.29 is 8.78 Å². The van der Waals surface area contributed by atoms with Crippen LogP contribution >= 0.6 is 0 Å². The highest BCUT2D eigenvalue weighted by molar-refractivity contribution is 5.10. The first-order valence-corrected chi connectivity index (χ1v) is 2.54. The van der Waals surface area contributed by atoms with Crippen LogP contribution in [0.1, 0.15) is 6.92 Å². The Labute approximate surface area is 53.2 Å². The van der Waals surface area contributed by atoms with Gasteiger partial charge in [0.25, 0.3) is 0 Å². The van der Waals surface area contributed by atoms with Gasteiger partial charge in [0.15, 0.2) is 0 Å². The lowest BCUT2D eigenvalue weighted by Crippen LogP contribution is -1.83. The predicted molar refractivity (Wildman–Crippen MR) is 33.5 cm³/mol. The average Bonchev–Trinajstić information content (AvgIpc) is 1.63. The van der Waals surface area contributed by atoms with Crippen LogP contribution in [0.25, 0.3) is 0 Å². The SMILES string of the molecule is C=C=CC(F)=CC(C)F. The van der Waals surface area contributed by atoms with Crippen LogP contribution < -0.4 is 0 Å².